The van der Waals surface area contributed by atoms with Gasteiger partial charge in [0.05, 0.1) is 6.61 Å². The molecular formula is C18H32N2O. The van der Waals surface area contributed by atoms with Gasteiger partial charge in [-0.1, -0.05) is 50.6 Å². The molecule has 0 amide bonds. The molecule has 0 heterocycles. The zero-order valence-electron chi connectivity index (χ0n) is 14.1. The third kappa shape index (κ3) is 7.07. The van der Waals surface area contributed by atoms with Gasteiger partial charge in [-0.05, 0) is 24.3 Å². The Morgan fingerprint density at radius 3 is 2.43 bits per heavy atom. The Morgan fingerprint density at radius 2 is 1.81 bits per heavy atom. The highest BCUT2D eigenvalue weighted by Gasteiger charge is 2.18. The van der Waals surface area contributed by atoms with Gasteiger partial charge in [0.2, 0.25) is 0 Å². The van der Waals surface area contributed by atoms with E-state index in [1.54, 1.807) is 7.11 Å². The zero-order chi connectivity index (χ0) is 15.5. The van der Waals surface area contributed by atoms with Crippen molar-refractivity contribution in [3.05, 3.63) is 35.9 Å². The maximum atomic E-state index is 5.04. The number of hydrogen-bond donors (Lipinski definition) is 2. The minimum absolute atomic E-state index is 0.470. The van der Waals surface area contributed by atoms with E-state index in [9.17, 15) is 0 Å². The fourth-order valence-corrected chi connectivity index (χ4v) is 2.53. The fourth-order valence-electron chi connectivity index (χ4n) is 2.53. The molecule has 3 heteroatoms. The normalized spacial score (nSPS) is 15.6. The molecule has 1 aromatic rings. The molecule has 120 valence electrons. The zero-order valence-corrected chi connectivity index (χ0v) is 14.1. The van der Waals surface area contributed by atoms with Crippen LogP contribution in [-0.2, 0) is 4.74 Å². The Morgan fingerprint density at radius 1 is 1.10 bits per heavy atom. The van der Waals surface area contributed by atoms with Crippen molar-refractivity contribution in [2.45, 2.75) is 39.2 Å². The van der Waals surface area contributed by atoms with Crippen LogP contribution in [0.15, 0.2) is 30.3 Å². The standard InChI is InChI=1S/C18H32N2O/c1-5-15(2)18(17-9-7-6-8-10-17)14-20-16(3)13-19-11-12-21-4/h6-10,15-16,18-20H,5,11-14H2,1-4H3. The molecule has 2 N–H and O–H groups in total. The molecule has 0 fully saturated rings. The molecular weight excluding hydrogens is 260 g/mol. The second-order valence-electron chi connectivity index (χ2n) is 5.91. The summed E-state index contributed by atoms with van der Waals surface area (Å²) in [4.78, 5) is 0. The van der Waals surface area contributed by atoms with Gasteiger partial charge in [0, 0.05) is 32.8 Å². The molecule has 0 aliphatic carbocycles. The van der Waals surface area contributed by atoms with Crippen LogP contribution in [0.4, 0.5) is 0 Å². The highest BCUT2D eigenvalue weighted by Crippen LogP contribution is 2.26. The molecule has 3 unspecified atom stereocenters. The molecule has 3 atom stereocenters. The molecule has 0 aromatic heterocycles. The van der Waals surface area contributed by atoms with Crippen LogP contribution in [0.5, 0.6) is 0 Å². The molecule has 0 saturated carbocycles. The Kier molecular flexibility index (Phi) is 9.31. The quantitative estimate of drug-likeness (QED) is 0.615. The Hall–Kier alpha value is -0.900. The van der Waals surface area contributed by atoms with E-state index >= 15 is 0 Å². The first kappa shape index (κ1) is 18.1. The summed E-state index contributed by atoms with van der Waals surface area (Å²) in [6.07, 6.45) is 1.21. The van der Waals surface area contributed by atoms with Crippen LogP contribution >= 0.6 is 0 Å². The molecule has 3 nitrogen and oxygen atoms in total. The van der Waals surface area contributed by atoms with Crippen LogP contribution in [-0.4, -0.2) is 39.4 Å². The van der Waals surface area contributed by atoms with Crippen molar-refractivity contribution in [1.29, 1.82) is 0 Å². The van der Waals surface area contributed by atoms with Gasteiger partial charge in [-0.15, -0.1) is 0 Å². The van der Waals surface area contributed by atoms with Crippen LogP contribution in [0, 0.1) is 5.92 Å². The van der Waals surface area contributed by atoms with Crippen molar-refractivity contribution in [3.8, 4) is 0 Å². The van der Waals surface area contributed by atoms with Crippen molar-refractivity contribution in [2.24, 2.45) is 5.92 Å². The lowest BCUT2D eigenvalue weighted by molar-refractivity contribution is 0.198. The van der Waals surface area contributed by atoms with Gasteiger partial charge in [-0.3, -0.25) is 0 Å². The second kappa shape index (κ2) is 10.8. The van der Waals surface area contributed by atoms with Crippen molar-refractivity contribution in [3.63, 3.8) is 0 Å². The summed E-state index contributed by atoms with van der Waals surface area (Å²) in [6, 6.07) is 11.3. The number of nitrogens with one attached hydrogen (secondary N) is 2. The minimum Gasteiger partial charge on any atom is -0.383 e. The van der Waals surface area contributed by atoms with Crippen molar-refractivity contribution < 1.29 is 4.74 Å². The molecule has 0 bridgehead atoms. The minimum atomic E-state index is 0.470. The van der Waals surface area contributed by atoms with E-state index < -0.39 is 0 Å². The lowest BCUT2D eigenvalue weighted by Gasteiger charge is -2.26. The summed E-state index contributed by atoms with van der Waals surface area (Å²) in [6.45, 7) is 10.6. The first-order valence-corrected chi connectivity index (χ1v) is 8.17. The first-order valence-electron chi connectivity index (χ1n) is 8.17. The highest BCUT2D eigenvalue weighted by molar-refractivity contribution is 5.20. The van der Waals surface area contributed by atoms with Crippen molar-refractivity contribution in [2.75, 3.05) is 33.4 Å². The molecule has 1 rings (SSSR count). The van der Waals surface area contributed by atoms with Gasteiger partial charge in [0.1, 0.15) is 0 Å². The number of ether oxygens (including phenoxy) is 1. The van der Waals surface area contributed by atoms with Gasteiger partial charge < -0.3 is 15.4 Å². The van der Waals surface area contributed by atoms with Crippen molar-refractivity contribution >= 4 is 0 Å². The summed E-state index contributed by atoms with van der Waals surface area (Å²) in [5, 5.41) is 7.08. The Balaban J connectivity index is 2.43. The molecule has 21 heavy (non-hydrogen) atoms. The Labute approximate surface area is 130 Å². The second-order valence-corrected chi connectivity index (χ2v) is 5.91. The number of benzene rings is 1. The summed E-state index contributed by atoms with van der Waals surface area (Å²) in [5.41, 5.74) is 1.44. The maximum absolute atomic E-state index is 5.04. The monoisotopic (exact) mass is 292 g/mol. The summed E-state index contributed by atoms with van der Waals surface area (Å²) in [5.74, 6) is 1.27. The molecule has 0 saturated heterocycles. The number of rotatable bonds is 11. The van der Waals surface area contributed by atoms with E-state index in [4.69, 9.17) is 4.74 Å². The van der Waals surface area contributed by atoms with E-state index in [2.05, 4.69) is 61.7 Å². The number of methoxy groups -OCH3 is 1. The Bertz CT molecular complexity index is 355. The van der Waals surface area contributed by atoms with Gasteiger partial charge in [-0.2, -0.15) is 0 Å². The predicted molar refractivity (Wildman–Crippen MR) is 90.8 cm³/mol. The molecule has 1 aromatic carbocycles. The molecule has 0 aliphatic rings. The third-order valence-electron chi connectivity index (χ3n) is 4.18. The lowest BCUT2D eigenvalue weighted by Crippen LogP contribution is -2.40. The van der Waals surface area contributed by atoms with Crippen LogP contribution in [0.2, 0.25) is 0 Å². The van der Waals surface area contributed by atoms with Crippen LogP contribution < -0.4 is 10.6 Å². The van der Waals surface area contributed by atoms with Crippen LogP contribution in [0.3, 0.4) is 0 Å². The largest absolute Gasteiger partial charge is 0.383 e. The maximum Gasteiger partial charge on any atom is 0.0587 e. The van der Waals surface area contributed by atoms with E-state index in [-0.39, 0.29) is 0 Å². The fraction of sp³-hybridized carbons (Fsp3) is 0.667. The third-order valence-corrected chi connectivity index (χ3v) is 4.18. The SMILES string of the molecule is CCC(C)C(CNC(C)CNCCOC)c1ccccc1. The summed E-state index contributed by atoms with van der Waals surface area (Å²) < 4.78 is 5.04. The van der Waals surface area contributed by atoms with Crippen LogP contribution in [0.1, 0.15) is 38.7 Å². The van der Waals surface area contributed by atoms with Gasteiger partial charge in [0.15, 0.2) is 0 Å². The van der Waals surface area contributed by atoms with E-state index in [1.165, 1.54) is 12.0 Å². The summed E-state index contributed by atoms with van der Waals surface area (Å²) >= 11 is 0. The predicted octanol–water partition coefficient (Wildman–Crippen LogP) is 3.03. The van der Waals surface area contributed by atoms with E-state index in [0.29, 0.717) is 17.9 Å². The smallest absolute Gasteiger partial charge is 0.0587 e. The van der Waals surface area contributed by atoms with Crippen LogP contribution in [0.25, 0.3) is 0 Å². The molecule has 0 aliphatic heterocycles. The van der Waals surface area contributed by atoms with E-state index in [0.717, 1.165) is 26.2 Å². The van der Waals surface area contributed by atoms with E-state index in [1.807, 2.05) is 0 Å². The molecule has 0 spiro atoms. The average Bonchev–Trinajstić information content (AvgIpc) is 2.52. The average molecular weight is 292 g/mol. The van der Waals surface area contributed by atoms with Gasteiger partial charge >= 0.3 is 0 Å². The van der Waals surface area contributed by atoms with Crippen molar-refractivity contribution in [1.82, 2.24) is 10.6 Å². The van der Waals surface area contributed by atoms with Gasteiger partial charge in [-0.25, -0.2) is 0 Å². The highest BCUT2D eigenvalue weighted by atomic mass is 16.5. The molecule has 0 radical (unpaired) electrons. The first-order chi connectivity index (χ1) is 10.2. The van der Waals surface area contributed by atoms with Gasteiger partial charge in [0.25, 0.3) is 0 Å². The topological polar surface area (TPSA) is 33.3 Å². The number of hydrogen-bond acceptors (Lipinski definition) is 3. The lowest BCUT2D eigenvalue weighted by atomic mass is 9.85. The summed E-state index contributed by atoms with van der Waals surface area (Å²) in [7, 11) is 1.74.